The highest BCUT2D eigenvalue weighted by molar-refractivity contribution is 6.01. The summed E-state index contributed by atoms with van der Waals surface area (Å²) in [7, 11) is 0. The number of ketones is 1. The summed E-state index contributed by atoms with van der Waals surface area (Å²) in [6.07, 6.45) is 0. The molecule has 0 spiro atoms. The minimum Gasteiger partial charge on any atom is -0.393 e. The summed E-state index contributed by atoms with van der Waals surface area (Å²) in [5.74, 6) is 2.32. The molecule has 4 nitrogen and oxygen atoms in total. The Hall–Kier alpha value is -1.19. The van der Waals surface area contributed by atoms with Crippen LogP contribution >= 0.6 is 0 Å². The Bertz CT molecular complexity index is 486. The van der Waals surface area contributed by atoms with Gasteiger partial charge >= 0.3 is 11.9 Å². The van der Waals surface area contributed by atoms with Gasteiger partial charge in [0, 0.05) is 11.8 Å². The first-order chi connectivity index (χ1) is 8.22. The Morgan fingerprint density at radius 2 is 0.941 bits per heavy atom. The van der Waals surface area contributed by atoms with E-state index >= 15 is 0 Å². The third kappa shape index (κ3) is 0.544. The van der Waals surface area contributed by atoms with E-state index in [1.165, 1.54) is 0 Å². The van der Waals surface area contributed by atoms with Crippen molar-refractivity contribution in [2.24, 2.45) is 59.2 Å². The minimum atomic E-state index is -0.294. The Kier molecular flexibility index (Phi) is 0.883. The van der Waals surface area contributed by atoms with Crippen LogP contribution < -0.4 is 0 Å². The predicted molar refractivity (Wildman–Crippen MR) is 51.0 cm³/mol. The molecule has 0 radical (unpaired) electrons. The molecule has 1 saturated heterocycles. The third-order valence-electron chi connectivity index (χ3n) is 6.66. The van der Waals surface area contributed by atoms with E-state index in [4.69, 9.17) is 4.74 Å². The van der Waals surface area contributed by atoms with Crippen molar-refractivity contribution >= 4 is 17.7 Å². The van der Waals surface area contributed by atoms with E-state index in [9.17, 15) is 14.4 Å². The van der Waals surface area contributed by atoms with E-state index < -0.39 is 0 Å². The lowest BCUT2D eigenvalue weighted by Gasteiger charge is -2.40. The first kappa shape index (κ1) is 8.01. The van der Waals surface area contributed by atoms with Crippen molar-refractivity contribution in [3.8, 4) is 0 Å². The van der Waals surface area contributed by atoms with Crippen LogP contribution in [0.5, 0.6) is 0 Å². The molecule has 8 aliphatic rings. The lowest BCUT2D eigenvalue weighted by atomic mass is 9.59. The highest BCUT2D eigenvalue weighted by Gasteiger charge is 2.89. The Labute approximate surface area is 96.7 Å². The van der Waals surface area contributed by atoms with Gasteiger partial charge in [0.05, 0.1) is 11.8 Å². The van der Waals surface area contributed by atoms with Gasteiger partial charge in [-0.05, 0) is 35.5 Å². The van der Waals surface area contributed by atoms with Crippen LogP contribution in [0, 0.1) is 59.2 Å². The largest absolute Gasteiger partial charge is 0.393 e. The van der Waals surface area contributed by atoms with E-state index in [0.717, 1.165) is 0 Å². The highest BCUT2D eigenvalue weighted by Crippen LogP contribution is 2.86. The molecule has 0 N–H and O–H groups in total. The van der Waals surface area contributed by atoms with Gasteiger partial charge in [-0.15, -0.1) is 0 Å². The van der Waals surface area contributed by atoms with Gasteiger partial charge in [0.1, 0.15) is 5.78 Å². The predicted octanol–water partition coefficient (Wildman–Crippen LogP) is -0.131. The monoisotopic (exact) mass is 230 g/mol. The van der Waals surface area contributed by atoms with Gasteiger partial charge in [-0.25, -0.2) is 0 Å². The topological polar surface area (TPSA) is 60.4 Å². The summed E-state index contributed by atoms with van der Waals surface area (Å²) in [5, 5.41) is 0. The van der Waals surface area contributed by atoms with Crippen molar-refractivity contribution in [1.29, 1.82) is 0 Å². The molecule has 0 aromatic rings. The Morgan fingerprint density at radius 3 is 1.35 bits per heavy atom. The molecular formula is C13H10O4. The van der Waals surface area contributed by atoms with E-state index in [2.05, 4.69) is 0 Å². The van der Waals surface area contributed by atoms with Crippen molar-refractivity contribution in [1.82, 2.24) is 0 Å². The van der Waals surface area contributed by atoms with Crippen molar-refractivity contribution in [2.45, 2.75) is 0 Å². The molecule has 0 amide bonds. The van der Waals surface area contributed by atoms with E-state index in [1.807, 2.05) is 0 Å². The fraction of sp³-hybridized carbons (Fsp3) is 0.769. The summed E-state index contributed by atoms with van der Waals surface area (Å²) in [4.78, 5) is 35.7. The van der Waals surface area contributed by atoms with Gasteiger partial charge < -0.3 is 4.74 Å². The summed E-state index contributed by atoms with van der Waals surface area (Å²) in [6, 6.07) is 0. The zero-order valence-corrected chi connectivity index (χ0v) is 8.91. The average molecular weight is 230 g/mol. The highest BCUT2D eigenvalue weighted by atomic mass is 16.6. The zero-order chi connectivity index (χ0) is 11.2. The Balaban J connectivity index is 1.61. The summed E-state index contributed by atoms with van der Waals surface area (Å²) in [5.41, 5.74) is 0. The number of Topliss-reactive ketones (excluding diaryl/α,β-unsaturated/α-hetero) is 1. The minimum absolute atomic E-state index is 0.182. The molecule has 8 rings (SSSR count). The van der Waals surface area contributed by atoms with Gasteiger partial charge in [-0.2, -0.15) is 0 Å². The number of ether oxygens (including phenoxy) is 1. The van der Waals surface area contributed by atoms with Crippen LogP contribution in [-0.2, 0) is 19.1 Å². The summed E-state index contributed by atoms with van der Waals surface area (Å²) < 4.78 is 4.84. The quantitative estimate of drug-likeness (QED) is 0.429. The van der Waals surface area contributed by atoms with Crippen LogP contribution in [0.4, 0.5) is 0 Å². The standard InChI is InChI=1S/C13H10O4/c14-11-7-1-2(7)6-4-3(8(4)11)5(1)9-10(6)13(16)17-12(9)15/h1-10H/t1?,2?,3?,4?,5?,6?,7?,8?,9-,10+. The number of rotatable bonds is 0. The maximum atomic E-state index is 12.0. The van der Waals surface area contributed by atoms with Crippen molar-refractivity contribution in [2.75, 3.05) is 0 Å². The molecule has 86 valence electrons. The molecule has 6 unspecified atom stereocenters. The molecule has 8 fully saturated rings. The SMILES string of the molecule is O=C1C2C3C2C2C4C1C4C3[C@H]1C(=O)OC(=O)[C@@H]21. The first-order valence-electron chi connectivity index (χ1n) is 6.51. The first-order valence-corrected chi connectivity index (χ1v) is 6.51. The lowest BCUT2D eigenvalue weighted by molar-refractivity contribution is -0.154. The van der Waals surface area contributed by atoms with Gasteiger partial charge in [0.25, 0.3) is 0 Å². The van der Waals surface area contributed by atoms with Crippen LogP contribution in [0.25, 0.3) is 0 Å². The number of hydrogen-bond acceptors (Lipinski definition) is 4. The zero-order valence-electron chi connectivity index (χ0n) is 8.91. The van der Waals surface area contributed by atoms with Gasteiger partial charge in [-0.1, -0.05) is 0 Å². The normalized spacial score (nSPS) is 71.2. The van der Waals surface area contributed by atoms with Crippen LogP contribution in [0.2, 0.25) is 0 Å². The second-order valence-corrected chi connectivity index (χ2v) is 6.71. The average Bonchev–Trinajstić information content (AvgIpc) is 3.17. The third-order valence-corrected chi connectivity index (χ3v) is 6.66. The molecule has 8 bridgehead atoms. The Morgan fingerprint density at radius 1 is 0.588 bits per heavy atom. The molecule has 1 heterocycles. The summed E-state index contributed by atoms with van der Waals surface area (Å²) >= 11 is 0. The second-order valence-electron chi connectivity index (χ2n) is 6.71. The number of hydrogen-bond donors (Lipinski definition) is 0. The lowest BCUT2D eigenvalue weighted by Crippen LogP contribution is -2.45. The van der Waals surface area contributed by atoms with Crippen LogP contribution in [-0.4, -0.2) is 17.7 Å². The van der Waals surface area contributed by atoms with Crippen LogP contribution in [0.1, 0.15) is 0 Å². The van der Waals surface area contributed by atoms with E-state index in [1.54, 1.807) is 0 Å². The number of carbonyl (C=O) groups is 3. The smallest absolute Gasteiger partial charge is 0.317 e. The maximum absolute atomic E-state index is 12.0. The van der Waals surface area contributed by atoms with Crippen molar-refractivity contribution in [3.63, 3.8) is 0 Å². The number of cyclic esters (lactones) is 2. The van der Waals surface area contributed by atoms with Crippen LogP contribution in [0.3, 0.4) is 0 Å². The molecule has 0 aromatic heterocycles. The number of carbonyl (C=O) groups excluding carboxylic acids is 3. The molecule has 7 aliphatic carbocycles. The van der Waals surface area contributed by atoms with Gasteiger partial charge in [0.2, 0.25) is 0 Å². The van der Waals surface area contributed by atoms with E-state index in [0.29, 0.717) is 41.3 Å². The maximum Gasteiger partial charge on any atom is 0.317 e. The number of esters is 2. The molecule has 4 heteroatoms. The van der Waals surface area contributed by atoms with Crippen molar-refractivity contribution in [3.05, 3.63) is 0 Å². The van der Waals surface area contributed by atoms with Gasteiger partial charge in [-0.3, -0.25) is 14.4 Å². The molecule has 1 aliphatic heterocycles. The molecule has 7 saturated carbocycles. The van der Waals surface area contributed by atoms with E-state index in [-0.39, 0.29) is 35.6 Å². The molecular weight excluding hydrogens is 220 g/mol. The molecule has 8 atom stereocenters. The van der Waals surface area contributed by atoms with Gasteiger partial charge in [0.15, 0.2) is 0 Å². The van der Waals surface area contributed by atoms with Crippen LogP contribution in [0.15, 0.2) is 0 Å². The summed E-state index contributed by atoms with van der Waals surface area (Å²) in [6.45, 7) is 0. The fourth-order valence-electron chi connectivity index (χ4n) is 6.48. The molecule has 17 heavy (non-hydrogen) atoms. The van der Waals surface area contributed by atoms with Crippen molar-refractivity contribution < 1.29 is 19.1 Å². The molecule has 0 aromatic carbocycles. The second kappa shape index (κ2) is 1.88. The fourth-order valence-corrected chi connectivity index (χ4v) is 6.48.